The number of fused-ring (bicyclic) bond motifs is 5. The Kier molecular flexibility index (Phi) is 5.46. The maximum atomic E-state index is 14.9. The first-order valence-electron chi connectivity index (χ1n) is 13.4. The van der Waals surface area contributed by atoms with Gasteiger partial charge in [-0.25, -0.2) is 0 Å². The van der Waals surface area contributed by atoms with Crippen molar-refractivity contribution in [2.45, 2.75) is 25.4 Å². The molecule has 3 heterocycles. The third-order valence-electron chi connectivity index (χ3n) is 8.20. The summed E-state index contributed by atoms with van der Waals surface area (Å²) in [5, 5.41) is 0.348. The van der Waals surface area contributed by atoms with Gasteiger partial charge in [-0.05, 0) is 48.2 Å². The van der Waals surface area contributed by atoms with Crippen LogP contribution in [0.15, 0.2) is 112 Å². The van der Waals surface area contributed by atoms with Crippen molar-refractivity contribution in [1.29, 1.82) is 0 Å². The van der Waals surface area contributed by atoms with E-state index in [4.69, 9.17) is 4.42 Å². The Bertz CT molecular complexity index is 1880. The molecule has 6 nitrogen and oxygen atoms in total. The minimum absolute atomic E-state index is 0.0577. The molecule has 0 radical (unpaired) electrons. The highest BCUT2D eigenvalue weighted by Gasteiger charge is 2.64. The van der Waals surface area contributed by atoms with Crippen molar-refractivity contribution in [3.63, 3.8) is 0 Å². The Morgan fingerprint density at radius 1 is 0.775 bits per heavy atom. The van der Waals surface area contributed by atoms with E-state index >= 15 is 0 Å². The summed E-state index contributed by atoms with van der Waals surface area (Å²) in [5.41, 5.74) is 2.85. The van der Waals surface area contributed by atoms with Crippen LogP contribution in [0.3, 0.4) is 0 Å². The van der Waals surface area contributed by atoms with Crippen LogP contribution >= 0.6 is 0 Å². The minimum atomic E-state index is -1.62. The monoisotopic (exact) mass is 526 g/mol. The van der Waals surface area contributed by atoms with Crippen LogP contribution in [-0.4, -0.2) is 23.3 Å². The van der Waals surface area contributed by atoms with Gasteiger partial charge in [-0.15, -0.1) is 0 Å². The molecule has 1 spiro atoms. The minimum Gasteiger partial charge on any atom is -0.450 e. The van der Waals surface area contributed by atoms with E-state index in [9.17, 15) is 14.4 Å². The zero-order valence-corrected chi connectivity index (χ0v) is 22.0. The highest BCUT2D eigenvalue weighted by Crippen LogP contribution is 2.53. The molecule has 2 aliphatic heterocycles. The SMILES string of the molecule is Cc1ccccc1CN1C(=O)C2(c3ccccc31)c1c(oc3ccccc3c1=O)C(=O)N2CCc1ccccc1. The molecule has 6 heteroatoms. The molecule has 5 aromatic rings. The molecule has 0 aliphatic carbocycles. The summed E-state index contributed by atoms with van der Waals surface area (Å²) in [6.45, 7) is 2.57. The maximum Gasteiger partial charge on any atom is 0.291 e. The van der Waals surface area contributed by atoms with Gasteiger partial charge in [-0.3, -0.25) is 14.4 Å². The zero-order chi connectivity index (χ0) is 27.4. The van der Waals surface area contributed by atoms with Crippen LogP contribution in [0.1, 0.15) is 38.4 Å². The van der Waals surface area contributed by atoms with Gasteiger partial charge in [-0.1, -0.05) is 84.9 Å². The predicted molar refractivity (Wildman–Crippen MR) is 153 cm³/mol. The lowest BCUT2D eigenvalue weighted by Crippen LogP contribution is -2.53. The first-order valence-corrected chi connectivity index (χ1v) is 13.4. The summed E-state index contributed by atoms with van der Waals surface area (Å²) in [7, 11) is 0. The van der Waals surface area contributed by atoms with Crippen LogP contribution in [0.4, 0.5) is 5.69 Å². The standard InChI is InChI=1S/C34H26N2O4/c1-22-11-5-6-14-24(22)21-35-27-17-9-8-16-26(27)34(33(35)39)29-30(37)25-15-7-10-18-28(25)40-31(29)32(38)36(34)20-19-23-12-3-2-4-13-23/h2-18H,19-21H2,1H3. The van der Waals surface area contributed by atoms with Gasteiger partial charge >= 0.3 is 0 Å². The Morgan fingerprint density at radius 2 is 1.48 bits per heavy atom. The van der Waals surface area contributed by atoms with Gasteiger partial charge in [0.05, 0.1) is 23.2 Å². The lowest BCUT2D eigenvalue weighted by molar-refractivity contribution is -0.126. The van der Waals surface area contributed by atoms with E-state index in [1.54, 1.807) is 34.1 Å². The fourth-order valence-corrected chi connectivity index (χ4v) is 6.24. The number of anilines is 1. The molecule has 0 bridgehead atoms. The van der Waals surface area contributed by atoms with Crippen LogP contribution in [0.2, 0.25) is 0 Å². The van der Waals surface area contributed by atoms with E-state index in [1.165, 1.54) is 0 Å². The van der Waals surface area contributed by atoms with E-state index in [0.29, 0.717) is 35.2 Å². The zero-order valence-electron chi connectivity index (χ0n) is 22.0. The van der Waals surface area contributed by atoms with Crippen LogP contribution in [0.25, 0.3) is 11.0 Å². The van der Waals surface area contributed by atoms with Crippen molar-refractivity contribution < 1.29 is 14.0 Å². The van der Waals surface area contributed by atoms with Gasteiger partial charge in [0.15, 0.2) is 11.0 Å². The highest BCUT2D eigenvalue weighted by atomic mass is 16.3. The smallest absolute Gasteiger partial charge is 0.291 e. The van der Waals surface area contributed by atoms with Crippen molar-refractivity contribution in [2.24, 2.45) is 0 Å². The number of para-hydroxylation sites is 2. The fourth-order valence-electron chi connectivity index (χ4n) is 6.24. The molecular formula is C34H26N2O4. The average molecular weight is 527 g/mol. The second-order valence-electron chi connectivity index (χ2n) is 10.4. The van der Waals surface area contributed by atoms with Gasteiger partial charge in [0.25, 0.3) is 11.8 Å². The number of carbonyl (C=O) groups excluding carboxylic acids is 2. The number of carbonyl (C=O) groups is 2. The molecule has 1 atom stereocenters. The lowest BCUT2D eigenvalue weighted by Gasteiger charge is -2.34. The number of benzene rings is 4. The van der Waals surface area contributed by atoms with Crippen LogP contribution in [0, 0.1) is 6.92 Å². The Balaban J connectivity index is 1.47. The molecule has 0 saturated heterocycles. The summed E-state index contributed by atoms with van der Waals surface area (Å²) in [6.07, 6.45) is 0.517. The molecule has 0 saturated carbocycles. The normalized spacial score (nSPS) is 17.6. The number of hydrogen-bond acceptors (Lipinski definition) is 4. The van der Waals surface area contributed by atoms with E-state index in [2.05, 4.69) is 0 Å². The highest BCUT2D eigenvalue weighted by molar-refractivity contribution is 6.17. The van der Waals surface area contributed by atoms with Gasteiger partial charge in [0.2, 0.25) is 5.76 Å². The molecule has 1 aromatic heterocycles. The largest absolute Gasteiger partial charge is 0.450 e. The van der Waals surface area contributed by atoms with Crippen molar-refractivity contribution in [3.05, 3.63) is 147 Å². The molecule has 4 aromatic carbocycles. The summed E-state index contributed by atoms with van der Waals surface area (Å²) in [4.78, 5) is 46.5. The van der Waals surface area contributed by atoms with Gasteiger partial charge < -0.3 is 14.2 Å². The third-order valence-corrected chi connectivity index (χ3v) is 8.20. The summed E-state index contributed by atoms with van der Waals surface area (Å²) < 4.78 is 6.14. The Hall–Kier alpha value is -4.97. The third kappa shape index (κ3) is 3.32. The molecule has 2 aliphatic rings. The van der Waals surface area contributed by atoms with Crippen molar-refractivity contribution in [1.82, 2.24) is 4.90 Å². The molecule has 196 valence electrons. The molecule has 0 fully saturated rings. The predicted octanol–water partition coefficient (Wildman–Crippen LogP) is 5.59. The molecule has 40 heavy (non-hydrogen) atoms. The maximum absolute atomic E-state index is 14.9. The first kappa shape index (κ1) is 24.1. The topological polar surface area (TPSA) is 70.8 Å². The summed E-state index contributed by atoms with van der Waals surface area (Å²) in [6, 6.07) is 32.1. The molecule has 2 amide bonds. The number of nitrogens with zero attached hydrogens (tertiary/aromatic N) is 2. The van der Waals surface area contributed by atoms with Gasteiger partial charge in [0, 0.05) is 12.1 Å². The van der Waals surface area contributed by atoms with Crippen molar-refractivity contribution in [3.8, 4) is 0 Å². The molecule has 1 unspecified atom stereocenters. The van der Waals surface area contributed by atoms with Gasteiger partial charge in [0.1, 0.15) is 5.58 Å². The van der Waals surface area contributed by atoms with Crippen molar-refractivity contribution >= 4 is 28.5 Å². The average Bonchev–Trinajstić information content (AvgIpc) is 3.38. The number of hydrogen-bond donors (Lipinski definition) is 0. The molecular weight excluding hydrogens is 500 g/mol. The van der Waals surface area contributed by atoms with E-state index in [1.807, 2.05) is 85.8 Å². The number of amides is 2. The van der Waals surface area contributed by atoms with Gasteiger partial charge in [-0.2, -0.15) is 0 Å². The van der Waals surface area contributed by atoms with Crippen LogP contribution < -0.4 is 10.3 Å². The van der Waals surface area contributed by atoms with E-state index in [-0.39, 0.29) is 29.2 Å². The van der Waals surface area contributed by atoms with Crippen molar-refractivity contribution in [2.75, 3.05) is 11.4 Å². The Labute approximate surface area is 231 Å². The fraction of sp³-hybridized carbons (Fsp3) is 0.147. The Morgan fingerprint density at radius 3 is 2.30 bits per heavy atom. The second kappa shape index (κ2) is 9.06. The second-order valence-corrected chi connectivity index (χ2v) is 10.4. The number of aryl methyl sites for hydroxylation is 1. The molecule has 0 N–H and O–H groups in total. The number of rotatable bonds is 5. The summed E-state index contributed by atoms with van der Waals surface area (Å²) in [5.74, 6) is -0.827. The van der Waals surface area contributed by atoms with E-state index in [0.717, 1.165) is 16.7 Å². The first-order chi connectivity index (χ1) is 19.5. The van der Waals surface area contributed by atoms with E-state index < -0.39 is 11.4 Å². The van der Waals surface area contributed by atoms with Crippen LogP contribution in [-0.2, 0) is 23.3 Å². The quantitative estimate of drug-likeness (QED) is 0.299. The van der Waals surface area contributed by atoms with Crippen LogP contribution in [0.5, 0.6) is 0 Å². The molecule has 7 rings (SSSR count). The summed E-state index contributed by atoms with van der Waals surface area (Å²) >= 11 is 0. The lowest BCUT2D eigenvalue weighted by atomic mass is 9.83.